The molecule has 1 aliphatic heterocycles. The summed E-state index contributed by atoms with van der Waals surface area (Å²) >= 11 is 3.46. The molecule has 0 aromatic carbocycles. The molecule has 0 unspecified atom stereocenters. The van der Waals surface area contributed by atoms with Gasteiger partial charge in [0, 0.05) is 49.2 Å². The van der Waals surface area contributed by atoms with Gasteiger partial charge < -0.3 is 5.32 Å². The highest BCUT2D eigenvalue weighted by Gasteiger charge is 2.09. The van der Waals surface area contributed by atoms with Crippen LogP contribution < -0.4 is 5.32 Å². The summed E-state index contributed by atoms with van der Waals surface area (Å²) in [5, 5.41) is 4.20. The van der Waals surface area contributed by atoms with Gasteiger partial charge in [0.15, 0.2) is 0 Å². The molecular weight excluding hydrogens is 216 g/mol. The molecule has 0 atom stereocenters. The molecule has 1 saturated heterocycles. The molecule has 1 aromatic heterocycles. The van der Waals surface area contributed by atoms with Gasteiger partial charge in [-0.3, -0.25) is 4.90 Å². The summed E-state index contributed by atoms with van der Waals surface area (Å²) in [5.74, 6) is 2.55. The van der Waals surface area contributed by atoms with E-state index >= 15 is 0 Å². The number of rotatable bonds is 4. The van der Waals surface area contributed by atoms with Crippen molar-refractivity contribution >= 4 is 28.4 Å². The van der Waals surface area contributed by atoms with Crippen LogP contribution in [0.25, 0.3) is 0 Å². The molecule has 1 N–H and O–H groups in total. The maximum absolute atomic E-state index is 4.07. The van der Waals surface area contributed by atoms with Crippen LogP contribution in [0, 0.1) is 0 Å². The Morgan fingerprint density at radius 1 is 1.43 bits per heavy atom. The van der Waals surface area contributed by atoms with E-state index in [0.29, 0.717) is 0 Å². The lowest BCUT2D eigenvalue weighted by molar-refractivity contribution is 0.314. The van der Waals surface area contributed by atoms with Crippen molar-refractivity contribution in [3.8, 4) is 0 Å². The molecule has 1 aromatic rings. The van der Waals surface area contributed by atoms with Crippen LogP contribution in [-0.4, -0.2) is 51.9 Å². The van der Waals surface area contributed by atoms with Gasteiger partial charge in [-0.25, -0.2) is 4.98 Å². The van der Waals surface area contributed by atoms with Gasteiger partial charge >= 0.3 is 0 Å². The Morgan fingerprint density at radius 3 is 3.00 bits per heavy atom. The summed E-state index contributed by atoms with van der Waals surface area (Å²) in [6.45, 7) is 4.53. The minimum absolute atomic E-state index is 0.927. The second-order valence-electron chi connectivity index (χ2n) is 3.13. The monoisotopic (exact) mass is 230 g/mol. The first-order chi connectivity index (χ1) is 6.95. The Labute approximate surface area is 92.3 Å². The van der Waals surface area contributed by atoms with Crippen LogP contribution in [0.3, 0.4) is 0 Å². The average Bonchev–Trinajstić information content (AvgIpc) is 2.72. The number of hydrogen-bond donors (Lipinski definition) is 1. The second kappa shape index (κ2) is 5.53. The zero-order valence-corrected chi connectivity index (χ0v) is 9.61. The number of nitrogens with one attached hydrogen (secondary N) is 1. The zero-order chi connectivity index (χ0) is 9.64. The van der Waals surface area contributed by atoms with E-state index in [4.69, 9.17) is 0 Å². The molecular formula is C8H14N4S2. The van der Waals surface area contributed by atoms with Crippen molar-refractivity contribution in [1.82, 2.24) is 14.3 Å². The van der Waals surface area contributed by atoms with Crippen molar-refractivity contribution in [2.24, 2.45) is 0 Å². The molecule has 6 heteroatoms. The van der Waals surface area contributed by atoms with E-state index in [1.165, 1.54) is 36.1 Å². The SMILES string of the molecule is c1nsc(NCCN2CCSCC2)n1. The van der Waals surface area contributed by atoms with E-state index in [2.05, 4.69) is 19.6 Å². The molecule has 4 nitrogen and oxygen atoms in total. The van der Waals surface area contributed by atoms with Crippen molar-refractivity contribution in [3.63, 3.8) is 0 Å². The molecule has 1 fully saturated rings. The van der Waals surface area contributed by atoms with Crippen LogP contribution in [-0.2, 0) is 0 Å². The Morgan fingerprint density at radius 2 is 2.29 bits per heavy atom. The number of thioether (sulfide) groups is 1. The summed E-state index contributed by atoms with van der Waals surface area (Å²) in [4.78, 5) is 6.56. The predicted octanol–water partition coefficient (Wildman–Crippen LogP) is 0.999. The summed E-state index contributed by atoms with van der Waals surface area (Å²) in [5.41, 5.74) is 0. The fraction of sp³-hybridized carbons (Fsp3) is 0.750. The van der Waals surface area contributed by atoms with Gasteiger partial charge in [-0.05, 0) is 0 Å². The third-order valence-corrected chi connectivity index (χ3v) is 3.73. The molecule has 0 radical (unpaired) electrons. The largest absolute Gasteiger partial charge is 0.359 e. The van der Waals surface area contributed by atoms with Gasteiger partial charge in [0.25, 0.3) is 0 Å². The third kappa shape index (κ3) is 3.11. The molecule has 1 aliphatic rings. The fourth-order valence-electron chi connectivity index (χ4n) is 1.40. The van der Waals surface area contributed by atoms with Gasteiger partial charge in [-0.1, -0.05) is 0 Å². The lowest BCUT2D eigenvalue weighted by Gasteiger charge is -2.25. The molecule has 0 bridgehead atoms. The molecule has 0 aliphatic carbocycles. The summed E-state index contributed by atoms with van der Waals surface area (Å²) < 4.78 is 3.94. The standard InChI is InChI=1S/C8H14N4S2/c1(9-8-10-7-11-14-8)2-12-3-5-13-6-4-12/h7H,1-6H2,(H,9,10,11). The summed E-state index contributed by atoms with van der Waals surface area (Å²) in [6.07, 6.45) is 1.59. The normalized spacial score (nSPS) is 18.3. The van der Waals surface area contributed by atoms with Gasteiger partial charge in [0.1, 0.15) is 6.33 Å². The van der Waals surface area contributed by atoms with Gasteiger partial charge in [0.2, 0.25) is 5.13 Å². The first kappa shape index (κ1) is 10.2. The van der Waals surface area contributed by atoms with E-state index in [1.807, 2.05) is 11.8 Å². The van der Waals surface area contributed by atoms with Crippen LogP contribution in [0.5, 0.6) is 0 Å². The topological polar surface area (TPSA) is 41.1 Å². The second-order valence-corrected chi connectivity index (χ2v) is 5.13. The molecule has 2 heterocycles. The van der Waals surface area contributed by atoms with Gasteiger partial charge in [-0.2, -0.15) is 16.1 Å². The molecule has 0 spiro atoms. The first-order valence-electron chi connectivity index (χ1n) is 4.76. The molecule has 78 valence electrons. The number of hydrogen-bond acceptors (Lipinski definition) is 6. The maximum Gasteiger partial charge on any atom is 0.202 e. The molecule has 0 amide bonds. The Hall–Kier alpha value is -0.330. The highest BCUT2D eigenvalue weighted by molar-refractivity contribution is 7.99. The average molecular weight is 230 g/mol. The van der Waals surface area contributed by atoms with Crippen LogP contribution in [0.1, 0.15) is 0 Å². The van der Waals surface area contributed by atoms with E-state index in [1.54, 1.807) is 6.33 Å². The number of nitrogens with zero attached hydrogens (tertiary/aromatic N) is 3. The summed E-state index contributed by atoms with van der Waals surface area (Å²) in [7, 11) is 0. The third-order valence-electron chi connectivity index (χ3n) is 2.17. The van der Waals surface area contributed by atoms with Crippen LogP contribution in [0.2, 0.25) is 0 Å². The minimum Gasteiger partial charge on any atom is -0.359 e. The Bertz CT molecular complexity index is 246. The van der Waals surface area contributed by atoms with E-state index in [0.717, 1.165) is 18.2 Å². The van der Waals surface area contributed by atoms with Crippen molar-refractivity contribution in [2.75, 3.05) is 43.0 Å². The van der Waals surface area contributed by atoms with E-state index in [9.17, 15) is 0 Å². The van der Waals surface area contributed by atoms with Gasteiger partial charge in [-0.15, -0.1) is 0 Å². The van der Waals surface area contributed by atoms with Crippen molar-refractivity contribution < 1.29 is 0 Å². The zero-order valence-electron chi connectivity index (χ0n) is 7.98. The van der Waals surface area contributed by atoms with Crippen LogP contribution in [0.15, 0.2) is 6.33 Å². The molecule has 14 heavy (non-hydrogen) atoms. The van der Waals surface area contributed by atoms with Crippen molar-refractivity contribution in [2.45, 2.75) is 0 Å². The number of anilines is 1. The lowest BCUT2D eigenvalue weighted by Crippen LogP contribution is -2.36. The number of aromatic nitrogens is 2. The van der Waals surface area contributed by atoms with Crippen molar-refractivity contribution in [3.05, 3.63) is 6.33 Å². The smallest absolute Gasteiger partial charge is 0.202 e. The molecule has 2 rings (SSSR count). The minimum atomic E-state index is 0.927. The first-order valence-corrected chi connectivity index (χ1v) is 6.68. The molecule has 0 saturated carbocycles. The Balaban J connectivity index is 1.62. The van der Waals surface area contributed by atoms with Gasteiger partial charge in [0.05, 0.1) is 0 Å². The Kier molecular flexibility index (Phi) is 4.03. The van der Waals surface area contributed by atoms with E-state index < -0.39 is 0 Å². The lowest BCUT2D eigenvalue weighted by atomic mass is 10.4. The predicted molar refractivity (Wildman–Crippen MR) is 62.2 cm³/mol. The van der Waals surface area contributed by atoms with Crippen LogP contribution >= 0.6 is 23.3 Å². The van der Waals surface area contributed by atoms with Crippen LogP contribution in [0.4, 0.5) is 5.13 Å². The highest BCUT2D eigenvalue weighted by atomic mass is 32.2. The highest BCUT2D eigenvalue weighted by Crippen LogP contribution is 2.09. The van der Waals surface area contributed by atoms with Crippen molar-refractivity contribution in [1.29, 1.82) is 0 Å². The van der Waals surface area contributed by atoms with E-state index in [-0.39, 0.29) is 0 Å². The quantitative estimate of drug-likeness (QED) is 0.835. The maximum atomic E-state index is 4.07. The fourth-order valence-corrected chi connectivity index (χ4v) is 2.83. The summed E-state index contributed by atoms with van der Waals surface area (Å²) in [6, 6.07) is 0.